The summed E-state index contributed by atoms with van der Waals surface area (Å²) >= 11 is 0. The average molecular weight is 357 g/mol. The molecule has 3 rings (SSSR count). The zero-order chi connectivity index (χ0) is 18.8. The molecule has 0 aliphatic carbocycles. The van der Waals surface area contributed by atoms with Gasteiger partial charge in [-0.1, -0.05) is 24.3 Å². The number of rotatable bonds is 4. The van der Waals surface area contributed by atoms with Crippen LogP contribution in [-0.2, 0) is 16.0 Å². The normalized spacial score (nSPS) is 20.2. The fraction of sp³-hybridized carbons (Fsp3) is 0.400. The van der Waals surface area contributed by atoms with Gasteiger partial charge in [0.2, 0.25) is 0 Å². The Labute approximate surface area is 152 Å². The zero-order valence-electron chi connectivity index (χ0n) is 15.2. The van der Waals surface area contributed by atoms with Gasteiger partial charge in [-0.25, -0.2) is 0 Å². The summed E-state index contributed by atoms with van der Waals surface area (Å²) in [5, 5.41) is 9.06. The van der Waals surface area contributed by atoms with Crippen LogP contribution in [0.5, 0.6) is 0 Å². The molecule has 1 fully saturated rings. The van der Waals surface area contributed by atoms with Gasteiger partial charge in [-0.05, 0) is 31.9 Å². The van der Waals surface area contributed by atoms with Crippen LogP contribution >= 0.6 is 0 Å². The molecular weight excluding hydrogens is 334 g/mol. The van der Waals surface area contributed by atoms with Gasteiger partial charge >= 0.3 is 5.97 Å². The number of carboxylic acid groups (broad SMARTS) is 1. The van der Waals surface area contributed by atoms with Crippen molar-refractivity contribution in [2.75, 3.05) is 13.2 Å². The van der Waals surface area contributed by atoms with Gasteiger partial charge in [-0.3, -0.25) is 9.59 Å². The first-order chi connectivity index (χ1) is 12.4. The Morgan fingerprint density at radius 3 is 2.65 bits per heavy atom. The largest absolute Gasteiger partial charge is 0.481 e. The third-order valence-corrected chi connectivity index (χ3v) is 4.81. The van der Waals surface area contributed by atoms with Crippen LogP contribution < -0.4 is 0 Å². The lowest BCUT2D eigenvalue weighted by molar-refractivity contribution is -0.136. The van der Waals surface area contributed by atoms with E-state index in [1.807, 2.05) is 38.1 Å². The van der Waals surface area contributed by atoms with Gasteiger partial charge in [0.1, 0.15) is 18.3 Å². The molecule has 6 nitrogen and oxygen atoms in total. The van der Waals surface area contributed by atoms with Crippen LogP contribution in [0.1, 0.15) is 45.8 Å². The molecule has 1 aliphatic rings. The van der Waals surface area contributed by atoms with Crippen molar-refractivity contribution in [3.8, 4) is 0 Å². The van der Waals surface area contributed by atoms with Gasteiger partial charge in [-0.15, -0.1) is 0 Å². The van der Waals surface area contributed by atoms with Crippen LogP contribution in [-0.4, -0.2) is 41.1 Å². The van der Waals surface area contributed by atoms with Crippen molar-refractivity contribution in [2.24, 2.45) is 0 Å². The second-order valence-electron chi connectivity index (χ2n) is 6.77. The number of amides is 1. The predicted molar refractivity (Wildman–Crippen MR) is 95.2 cm³/mol. The lowest BCUT2D eigenvalue weighted by Crippen LogP contribution is -2.48. The highest BCUT2D eigenvalue weighted by molar-refractivity contribution is 5.97. The molecule has 0 bridgehead atoms. The molecule has 1 saturated heterocycles. The van der Waals surface area contributed by atoms with Crippen molar-refractivity contribution < 1.29 is 23.8 Å². The molecule has 1 aromatic carbocycles. The zero-order valence-corrected chi connectivity index (χ0v) is 15.2. The number of aryl methyl sites for hydroxylation is 2. The molecule has 1 N–H and O–H groups in total. The van der Waals surface area contributed by atoms with Gasteiger partial charge < -0.3 is 19.2 Å². The molecule has 1 aromatic heterocycles. The van der Waals surface area contributed by atoms with Gasteiger partial charge in [0, 0.05) is 5.56 Å². The number of aliphatic carboxylic acids is 1. The molecule has 138 valence electrons. The van der Waals surface area contributed by atoms with E-state index in [0.717, 1.165) is 11.1 Å². The molecule has 0 saturated carbocycles. The number of morpholine rings is 1. The van der Waals surface area contributed by atoms with E-state index in [2.05, 4.69) is 0 Å². The first kappa shape index (κ1) is 18.2. The highest BCUT2D eigenvalue weighted by Crippen LogP contribution is 2.29. The second kappa shape index (κ2) is 7.33. The van der Waals surface area contributed by atoms with Crippen molar-refractivity contribution in [2.45, 2.75) is 39.3 Å². The fourth-order valence-corrected chi connectivity index (χ4v) is 3.37. The SMILES string of the molecule is Cc1ccccc1C1CN(C(=O)c2c(C)coc2CC(=O)O)C(C)CO1. The van der Waals surface area contributed by atoms with E-state index in [-0.39, 0.29) is 30.2 Å². The first-order valence-electron chi connectivity index (χ1n) is 8.65. The summed E-state index contributed by atoms with van der Waals surface area (Å²) in [5.41, 5.74) is 3.18. The molecule has 0 spiro atoms. The van der Waals surface area contributed by atoms with Gasteiger partial charge in [0.05, 0.1) is 31.0 Å². The van der Waals surface area contributed by atoms with Crippen LogP contribution in [0, 0.1) is 13.8 Å². The van der Waals surface area contributed by atoms with Gasteiger partial charge in [0.25, 0.3) is 5.91 Å². The van der Waals surface area contributed by atoms with E-state index in [1.54, 1.807) is 11.8 Å². The van der Waals surface area contributed by atoms with Gasteiger partial charge in [0.15, 0.2) is 0 Å². The first-order valence-corrected chi connectivity index (χ1v) is 8.65. The summed E-state index contributed by atoms with van der Waals surface area (Å²) in [4.78, 5) is 26.0. The second-order valence-corrected chi connectivity index (χ2v) is 6.77. The maximum atomic E-state index is 13.2. The Hall–Kier alpha value is -2.60. The number of carboxylic acids is 1. The van der Waals surface area contributed by atoms with Crippen molar-refractivity contribution >= 4 is 11.9 Å². The van der Waals surface area contributed by atoms with E-state index in [9.17, 15) is 9.59 Å². The molecule has 2 heterocycles. The van der Waals surface area contributed by atoms with Crippen LogP contribution in [0.25, 0.3) is 0 Å². The Balaban J connectivity index is 1.88. The molecule has 2 unspecified atom stereocenters. The lowest BCUT2D eigenvalue weighted by atomic mass is 10.00. The topological polar surface area (TPSA) is 80.0 Å². The summed E-state index contributed by atoms with van der Waals surface area (Å²) in [5.74, 6) is -1.03. The quantitative estimate of drug-likeness (QED) is 0.909. The number of hydrogen-bond donors (Lipinski definition) is 1. The van der Waals surface area contributed by atoms with Crippen molar-refractivity contribution in [3.05, 3.63) is 58.5 Å². The Bertz CT molecular complexity index is 825. The van der Waals surface area contributed by atoms with E-state index >= 15 is 0 Å². The van der Waals surface area contributed by atoms with Gasteiger partial charge in [-0.2, -0.15) is 0 Å². The van der Waals surface area contributed by atoms with E-state index in [4.69, 9.17) is 14.3 Å². The van der Waals surface area contributed by atoms with Crippen LogP contribution in [0.4, 0.5) is 0 Å². The summed E-state index contributed by atoms with van der Waals surface area (Å²) in [7, 11) is 0. The fourth-order valence-electron chi connectivity index (χ4n) is 3.37. The number of furan rings is 1. The average Bonchev–Trinajstić information content (AvgIpc) is 2.95. The minimum absolute atomic E-state index is 0.102. The number of nitrogens with zero attached hydrogens (tertiary/aromatic N) is 1. The summed E-state index contributed by atoms with van der Waals surface area (Å²) in [6, 6.07) is 7.86. The number of carbonyl (C=O) groups is 2. The van der Waals surface area contributed by atoms with Crippen molar-refractivity contribution in [3.63, 3.8) is 0 Å². The molecular formula is C20H23NO5. The van der Waals surface area contributed by atoms with Crippen LogP contribution in [0.2, 0.25) is 0 Å². The summed E-state index contributed by atoms with van der Waals surface area (Å²) < 4.78 is 11.3. The van der Waals surface area contributed by atoms with E-state index < -0.39 is 5.97 Å². The van der Waals surface area contributed by atoms with Crippen molar-refractivity contribution in [1.29, 1.82) is 0 Å². The minimum atomic E-state index is -1.03. The maximum absolute atomic E-state index is 13.2. The Morgan fingerprint density at radius 1 is 1.23 bits per heavy atom. The monoisotopic (exact) mass is 357 g/mol. The molecule has 6 heteroatoms. The third-order valence-electron chi connectivity index (χ3n) is 4.81. The summed E-state index contributed by atoms with van der Waals surface area (Å²) in [6.45, 7) is 6.55. The summed E-state index contributed by atoms with van der Waals surface area (Å²) in [6.07, 6.45) is 0.927. The Morgan fingerprint density at radius 2 is 1.96 bits per heavy atom. The molecule has 1 aliphatic heterocycles. The van der Waals surface area contributed by atoms with E-state index in [1.165, 1.54) is 6.26 Å². The number of benzene rings is 1. The van der Waals surface area contributed by atoms with Crippen LogP contribution in [0.3, 0.4) is 0 Å². The molecule has 26 heavy (non-hydrogen) atoms. The number of ether oxygens (including phenoxy) is 1. The number of hydrogen-bond acceptors (Lipinski definition) is 4. The van der Waals surface area contributed by atoms with E-state index in [0.29, 0.717) is 24.3 Å². The predicted octanol–water partition coefficient (Wildman–Crippen LogP) is 3.13. The Kier molecular flexibility index (Phi) is 5.13. The molecule has 0 radical (unpaired) electrons. The highest BCUT2D eigenvalue weighted by Gasteiger charge is 2.34. The standard InChI is InChI=1S/C20H23NO5/c1-12-6-4-5-7-15(12)17-9-21(14(3)11-26-17)20(24)19-13(2)10-25-16(19)8-18(22)23/h4-7,10,14,17H,8-9,11H2,1-3H3,(H,22,23). The molecule has 2 aromatic rings. The number of carbonyl (C=O) groups excluding carboxylic acids is 1. The highest BCUT2D eigenvalue weighted by atomic mass is 16.5. The molecule has 1 amide bonds. The smallest absolute Gasteiger partial charge is 0.311 e. The lowest BCUT2D eigenvalue weighted by Gasteiger charge is -2.38. The molecule has 2 atom stereocenters. The third kappa shape index (κ3) is 3.51. The maximum Gasteiger partial charge on any atom is 0.311 e. The minimum Gasteiger partial charge on any atom is -0.481 e. The van der Waals surface area contributed by atoms with Crippen molar-refractivity contribution in [1.82, 2.24) is 4.90 Å². The van der Waals surface area contributed by atoms with Crippen LogP contribution in [0.15, 0.2) is 34.9 Å².